The van der Waals surface area contributed by atoms with Crippen molar-refractivity contribution < 1.29 is 0 Å². The summed E-state index contributed by atoms with van der Waals surface area (Å²) in [6.45, 7) is 10.9. The van der Waals surface area contributed by atoms with Crippen molar-refractivity contribution in [3.63, 3.8) is 0 Å². The minimum atomic E-state index is 1.24. The van der Waals surface area contributed by atoms with E-state index in [0.717, 1.165) is 0 Å². The van der Waals surface area contributed by atoms with Gasteiger partial charge in [-0.2, -0.15) is 0 Å². The fourth-order valence-corrected chi connectivity index (χ4v) is 5.13. The lowest BCUT2D eigenvalue weighted by Gasteiger charge is -2.20. The van der Waals surface area contributed by atoms with Crippen LogP contribution in [0.25, 0.3) is 0 Å². The van der Waals surface area contributed by atoms with Crippen LogP contribution >= 0.6 is 0 Å². The van der Waals surface area contributed by atoms with E-state index in [0.29, 0.717) is 0 Å². The van der Waals surface area contributed by atoms with Crippen LogP contribution in [0.2, 0.25) is 0 Å². The zero-order valence-electron chi connectivity index (χ0n) is 24.0. The maximum atomic E-state index is 2.69. The zero-order valence-corrected chi connectivity index (χ0v) is 24.0. The van der Waals surface area contributed by atoms with E-state index in [-0.39, 0.29) is 0 Å². The molecule has 0 saturated heterocycles. The fraction of sp³-hybridized carbons (Fsp3) is 1.00. The molecule has 200 valence electrons. The summed E-state index contributed by atoms with van der Waals surface area (Å²) in [7, 11) is 0. The van der Waals surface area contributed by atoms with Crippen molar-refractivity contribution >= 4 is 0 Å². The quantitative estimate of drug-likeness (QED) is 0.0992. The van der Waals surface area contributed by atoms with Crippen molar-refractivity contribution in [2.75, 3.05) is 19.6 Å². The first-order valence-electron chi connectivity index (χ1n) is 16.1. The van der Waals surface area contributed by atoms with E-state index in [1.165, 1.54) is 187 Å². The molecule has 0 amide bonds. The highest BCUT2D eigenvalue weighted by molar-refractivity contribution is 4.57. The summed E-state index contributed by atoms with van der Waals surface area (Å²) in [5.41, 5.74) is 0. The maximum Gasteiger partial charge on any atom is -0.00189 e. The molecule has 0 heterocycles. The molecule has 0 rings (SSSR count). The molecule has 0 aliphatic heterocycles. The second-order valence-electron chi connectivity index (χ2n) is 10.9. The Morgan fingerprint density at radius 3 is 0.697 bits per heavy atom. The third kappa shape index (κ3) is 28.1. The van der Waals surface area contributed by atoms with Crippen LogP contribution < -0.4 is 0 Å². The van der Waals surface area contributed by atoms with E-state index in [1.807, 2.05) is 0 Å². The van der Waals surface area contributed by atoms with Gasteiger partial charge in [0, 0.05) is 0 Å². The number of rotatable bonds is 29. The van der Waals surface area contributed by atoms with Crippen LogP contribution in [0.3, 0.4) is 0 Å². The summed E-state index contributed by atoms with van der Waals surface area (Å²) in [5, 5.41) is 0. The molecule has 0 bridgehead atoms. The van der Waals surface area contributed by atoms with Gasteiger partial charge in [0.25, 0.3) is 0 Å². The van der Waals surface area contributed by atoms with Crippen molar-refractivity contribution in [2.45, 2.75) is 188 Å². The average Bonchev–Trinajstić information content (AvgIpc) is 2.83. The van der Waals surface area contributed by atoms with Crippen molar-refractivity contribution in [1.82, 2.24) is 4.90 Å². The summed E-state index contributed by atoms with van der Waals surface area (Å²) in [6.07, 6.45) is 37.9. The van der Waals surface area contributed by atoms with Crippen LogP contribution in [0, 0.1) is 0 Å². The zero-order chi connectivity index (χ0) is 24.1. The predicted octanol–water partition coefficient (Wildman–Crippen LogP) is 11.5. The number of hydrogen-bond acceptors (Lipinski definition) is 1. The molecule has 1 nitrogen and oxygen atoms in total. The smallest absolute Gasteiger partial charge is 0.00189 e. The topological polar surface area (TPSA) is 3.24 Å². The largest absolute Gasteiger partial charge is 0.304 e. The number of unbranched alkanes of at least 4 members (excludes halogenated alkanes) is 24. The molecule has 0 fully saturated rings. The fourth-order valence-electron chi connectivity index (χ4n) is 5.13. The molecule has 0 unspecified atom stereocenters. The van der Waals surface area contributed by atoms with Crippen LogP contribution in [0.5, 0.6) is 0 Å². The first-order valence-corrected chi connectivity index (χ1v) is 16.1. The third-order valence-electron chi connectivity index (χ3n) is 7.60. The van der Waals surface area contributed by atoms with Gasteiger partial charge in [0.2, 0.25) is 0 Å². The Bertz CT molecular complexity index is 326. The first kappa shape index (κ1) is 33.0. The summed E-state index contributed by atoms with van der Waals surface area (Å²) in [6, 6.07) is 0. The van der Waals surface area contributed by atoms with Crippen LogP contribution in [-0.4, -0.2) is 24.5 Å². The lowest BCUT2D eigenvalue weighted by molar-refractivity contribution is 0.273. The van der Waals surface area contributed by atoms with Gasteiger partial charge < -0.3 is 4.90 Å². The molecule has 0 radical (unpaired) electrons. The molecular formula is C32H67N. The van der Waals surface area contributed by atoms with Crippen molar-refractivity contribution in [3.8, 4) is 0 Å². The molecule has 0 N–H and O–H groups in total. The van der Waals surface area contributed by atoms with Crippen molar-refractivity contribution in [2.24, 2.45) is 0 Å². The van der Waals surface area contributed by atoms with Gasteiger partial charge in [-0.15, -0.1) is 0 Å². The van der Waals surface area contributed by atoms with E-state index < -0.39 is 0 Å². The van der Waals surface area contributed by atoms with Crippen molar-refractivity contribution in [1.29, 1.82) is 0 Å². The van der Waals surface area contributed by atoms with Crippen LogP contribution in [-0.2, 0) is 0 Å². The van der Waals surface area contributed by atoms with E-state index >= 15 is 0 Å². The lowest BCUT2D eigenvalue weighted by atomic mass is 10.0. The molecule has 0 aliphatic carbocycles. The minimum Gasteiger partial charge on any atom is -0.304 e. The SMILES string of the molecule is CCCCCCCCCCCCCCCCCCCCCCN(CC)CCCCCCCC. The molecule has 0 aromatic carbocycles. The Labute approximate surface area is 212 Å². The standard InChI is InChI=1S/C32H67N/c1-4-7-9-11-13-14-15-16-17-18-19-20-21-22-23-24-25-26-28-30-32-33(6-3)31-29-27-12-10-8-5-2/h4-32H2,1-3H3. The third-order valence-corrected chi connectivity index (χ3v) is 7.60. The summed E-state index contributed by atoms with van der Waals surface area (Å²) >= 11 is 0. The van der Waals surface area contributed by atoms with E-state index in [1.54, 1.807) is 0 Å². The second kappa shape index (κ2) is 30.0. The molecular weight excluding hydrogens is 398 g/mol. The van der Waals surface area contributed by atoms with E-state index in [9.17, 15) is 0 Å². The van der Waals surface area contributed by atoms with Gasteiger partial charge in [-0.1, -0.05) is 175 Å². The number of nitrogens with zero attached hydrogens (tertiary/aromatic N) is 1. The molecule has 0 atom stereocenters. The molecule has 0 saturated carbocycles. The van der Waals surface area contributed by atoms with Gasteiger partial charge >= 0.3 is 0 Å². The Morgan fingerprint density at radius 1 is 0.273 bits per heavy atom. The molecule has 0 aromatic rings. The second-order valence-corrected chi connectivity index (χ2v) is 10.9. The highest BCUT2D eigenvalue weighted by atomic mass is 15.1. The van der Waals surface area contributed by atoms with E-state index in [2.05, 4.69) is 25.7 Å². The van der Waals surface area contributed by atoms with Crippen LogP contribution in [0.4, 0.5) is 0 Å². The summed E-state index contributed by atoms with van der Waals surface area (Å²) < 4.78 is 0. The number of hydrogen-bond donors (Lipinski definition) is 0. The van der Waals surface area contributed by atoms with E-state index in [4.69, 9.17) is 0 Å². The normalized spacial score (nSPS) is 11.6. The Kier molecular flexibility index (Phi) is 30.0. The maximum absolute atomic E-state index is 2.69. The van der Waals surface area contributed by atoms with Gasteiger partial charge in [0.15, 0.2) is 0 Å². The molecule has 0 aliphatic rings. The predicted molar refractivity (Wildman–Crippen MR) is 154 cm³/mol. The van der Waals surface area contributed by atoms with Crippen molar-refractivity contribution in [3.05, 3.63) is 0 Å². The monoisotopic (exact) mass is 466 g/mol. The highest BCUT2D eigenvalue weighted by Gasteiger charge is 2.02. The van der Waals surface area contributed by atoms with Gasteiger partial charge in [-0.3, -0.25) is 0 Å². The van der Waals surface area contributed by atoms with Gasteiger partial charge in [-0.05, 0) is 32.5 Å². The molecule has 1 heteroatoms. The van der Waals surface area contributed by atoms with Gasteiger partial charge in [-0.25, -0.2) is 0 Å². The van der Waals surface area contributed by atoms with Gasteiger partial charge in [0.1, 0.15) is 0 Å². The first-order chi connectivity index (χ1) is 16.3. The molecule has 0 spiro atoms. The molecule has 33 heavy (non-hydrogen) atoms. The average molecular weight is 466 g/mol. The Balaban J connectivity index is 3.18. The van der Waals surface area contributed by atoms with Crippen LogP contribution in [0.15, 0.2) is 0 Å². The summed E-state index contributed by atoms with van der Waals surface area (Å²) in [4.78, 5) is 2.69. The Morgan fingerprint density at radius 2 is 0.485 bits per heavy atom. The highest BCUT2D eigenvalue weighted by Crippen LogP contribution is 2.15. The minimum absolute atomic E-state index is 1.24. The Hall–Kier alpha value is -0.0400. The van der Waals surface area contributed by atoms with Crippen LogP contribution in [0.1, 0.15) is 188 Å². The van der Waals surface area contributed by atoms with Gasteiger partial charge in [0.05, 0.1) is 0 Å². The summed E-state index contributed by atoms with van der Waals surface area (Å²) in [5.74, 6) is 0. The lowest BCUT2D eigenvalue weighted by Crippen LogP contribution is -2.25. The molecule has 0 aromatic heterocycles.